The van der Waals surface area contributed by atoms with Gasteiger partial charge in [-0.1, -0.05) is 0 Å². The van der Waals surface area contributed by atoms with Crippen LogP contribution in [0.25, 0.3) is 0 Å². The third-order valence-corrected chi connectivity index (χ3v) is 2.08. The molecule has 0 radical (unpaired) electrons. The zero-order chi connectivity index (χ0) is 16.7. The monoisotopic (exact) mass is 325 g/mol. The highest BCUT2D eigenvalue weighted by molar-refractivity contribution is 6.00. The van der Waals surface area contributed by atoms with Crippen molar-refractivity contribution >= 4 is 11.8 Å². The molecule has 0 heterocycles. The lowest BCUT2D eigenvalue weighted by Gasteiger charge is -2.22. The summed E-state index contributed by atoms with van der Waals surface area (Å²) in [5.74, 6) is -5.72. The lowest BCUT2D eigenvalue weighted by Crippen LogP contribution is -2.50. The van der Waals surface area contributed by atoms with E-state index in [1.807, 2.05) is 0 Å². The van der Waals surface area contributed by atoms with E-state index < -0.39 is 35.6 Å². The normalized spacial score (nSPS) is 12.3. The molecule has 0 saturated carbocycles. The van der Waals surface area contributed by atoms with Crippen molar-refractivity contribution < 1.29 is 45.4 Å². The van der Waals surface area contributed by atoms with Crippen molar-refractivity contribution in [3.63, 3.8) is 0 Å². The van der Waals surface area contributed by atoms with E-state index in [9.17, 15) is 35.9 Å². The van der Waals surface area contributed by atoms with E-state index in [4.69, 9.17) is 4.74 Å². The molecule has 2 amide bonds. The third-order valence-electron chi connectivity index (χ3n) is 2.08. The van der Waals surface area contributed by atoms with Crippen molar-refractivity contribution in [3.8, 4) is 0 Å². The number of nitrogens with zero attached hydrogens (tertiary/aromatic N) is 1. The van der Waals surface area contributed by atoms with E-state index in [1.165, 1.54) is 7.11 Å². The Morgan fingerprint density at radius 1 is 0.905 bits per heavy atom. The van der Waals surface area contributed by atoms with E-state index in [0.717, 1.165) is 0 Å². The van der Waals surface area contributed by atoms with Crippen LogP contribution in [0.15, 0.2) is 0 Å². The first-order valence-corrected chi connectivity index (χ1v) is 5.58. The summed E-state index contributed by atoms with van der Waals surface area (Å²) in [5, 5.41) is 0. The van der Waals surface area contributed by atoms with E-state index in [2.05, 4.69) is 4.74 Å². The van der Waals surface area contributed by atoms with Crippen molar-refractivity contribution in [1.29, 1.82) is 0 Å². The molecular weight excluding hydrogens is 312 g/mol. The lowest BCUT2D eigenvalue weighted by atomic mass is 10.3. The summed E-state index contributed by atoms with van der Waals surface area (Å²) in [6.07, 6.45) is -11.5. The number of amides is 2. The van der Waals surface area contributed by atoms with Crippen LogP contribution >= 0.6 is 0 Å². The van der Waals surface area contributed by atoms with Crippen molar-refractivity contribution in [2.75, 3.05) is 33.5 Å². The predicted molar refractivity (Wildman–Crippen MR) is 56.1 cm³/mol. The van der Waals surface area contributed by atoms with Gasteiger partial charge in [-0.25, -0.2) is 0 Å². The fourth-order valence-corrected chi connectivity index (χ4v) is 1.17. The van der Waals surface area contributed by atoms with Crippen molar-refractivity contribution in [2.45, 2.75) is 18.8 Å². The van der Waals surface area contributed by atoms with Gasteiger partial charge in [-0.05, 0) is 6.42 Å². The molecule has 5 nitrogen and oxygen atoms in total. The smallest absolute Gasteiger partial charge is 0.382 e. The van der Waals surface area contributed by atoms with Crippen LogP contribution in [0.1, 0.15) is 6.42 Å². The molecular formula is C10H13F6NO4. The summed E-state index contributed by atoms with van der Waals surface area (Å²) in [7, 11) is 1.37. The maximum atomic E-state index is 12.2. The number of hydrogen-bond donors (Lipinski definition) is 0. The maximum absolute atomic E-state index is 12.2. The molecule has 21 heavy (non-hydrogen) atoms. The van der Waals surface area contributed by atoms with Gasteiger partial charge in [0.25, 0.3) is 0 Å². The van der Waals surface area contributed by atoms with Gasteiger partial charge in [0.05, 0.1) is 13.2 Å². The summed E-state index contributed by atoms with van der Waals surface area (Å²) in [6.45, 7) is -1.01. The molecule has 0 aromatic heterocycles. The molecule has 0 rings (SSSR count). The number of methoxy groups -OCH3 is 1. The SMILES string of the molecule is COCCOCCCN(C(=O)C(F)(F)F)C(=O)C(F)(F)F. The minimum atomic E-state index is -5.57. The third kappa shape index (κ3) is 7.27. The molecule has 0 atom stereocenters. The van der Waals surface area contributed by atoms with Gasteiger partial charge in [-0.15, -0.1) is 0 Å². The molecule has 0 N–H and O–H groups in total. The van der Waals surface area contributed by atoms with Gasteiger partial charge in [0.15, 0.2) is 0 Å². The Kier molecular flexibility index (Phi) is 7.64. The van der Waals surface area contributed by atoms with Crippen LogP contribution in [0.5, 0.6) is 0 Å². The summed E-state index contributed by atoms with van der Waals surface area (Å²) >= 11 is 0. The molecule has 0 bridgehead atoms. The van der Waals surface area contributed by atoms with Gasteiger partial charge in [-0.2, -0.15) is 26.3 Å². The van der Waals surface area contributed by atoms with Gasteiger partial charge < -0.3 is 9.47 Å². The molecule has 0 aliphatic heterocycles. The van der Waals surface area contributed by atoms with Crippen LogP contribution in [-0.4, -0.2) is 62.5 Å². The van der Waals surface area contributed by atoms with Crippen LogP contribution in [0.4, 0.5) is 26.3 Å². The highest BCUT2D eigenvalue weighted by Crippen LogP contribution is 2.24. The molecule has 0 aliphatic carbocycles. The van der Waals surface area contributed by atoms with Crippen LogP contribution in [0.2, 0.25) is 0 Å². The summed E-state index contributed by atoms with van der Waals surface area (Å²) in [5.41, 5.74) is 0. The molecule has 0 spiro atoms. The fourth-order valence-electron chi connectivity index (χ4n) is 1.17. The Hall–Kier alpha value is -1.36. The second kappa shape index (κ2) is 8.17. The molecule has 0 unspecified atom stereocenters. The van der Waals surface area contributed by atoms with Gasteiger partial charge >= 0.3 is 24.2 Å². The zero-order valence-electron chi connectivity index (χ0n) is 10.9. The molecule has 0 aliphatic rings. The number of alkyl halides is 6. The van der Waals surface area contributed by atoms with Gasteiger partial charge in [0.2, 0.25) is 0 Å². The first-order valence-electron chi connectivity index (χ1n) is 5.58. The Bertz CT molecular complexity index is 328. The van der Waals surface area contributed by atoms with E-state index >= 15 is 0 Å². The van der Waals surface area contributed by atoms with E-state index in [0.29, 0.717) is 0 Å². The summed E-state index contributed by atoms with van der Waals surface area (Å²) in [6, 6.07) is 0. The molecule has 11 heteroatoms. The standard InChI is InChI=1S/C10H13F6NO4/c1-20-5-6-21-4-2-3-17(7(18)9(11,12)13)8(19)10(14,15)16/h2-6H2,1H3. The van der Waals surface area contributed by atoms with Crippen LogP contribution in [0.3, 0.4) is 0 Å². The van der Waals surface area contributed by atoms with Crippen LogP contribution < -0.4 is 0 Å². The Morgan fingerprint density at radius 2 is 1.38 bits per heavy atom. The van der Waals surface area contributed by atoms with E-state index in [-0.39, 0.29) is 26.2 Å². The average molecular weight is 325 g/mol. The summed E-state index contributed by atoms with van der Waals surface area (Å²) < 4.78 is 82.4. The van der Waals surface area contributed by atoms with Gasteiger partial charge in [0.1, 0.15) is 0 Å². The second-order valence-electron chi connectivity index (χ2n) is 3.72. The lowest BCUT2D eigenvalue weighted by molar-refractivity contribution is -0.204. The highest BCUT2D eigenvalue weighted by atomic mass is 19.4. The van der Waals surface area contributed by atoms with Crippen LogP contribution in [-0.2, 0) is 19.1 Å². The number of rotatable bonds is 7. The van der Waals surface area contributed by atoms with Crippen molar-refractivity contribution in [3.05, 3.63) is 0 Å². The van der Waals surface area contributed by atoms with Crippen LogP contribution in [0, 0.1) is 0 Å². The largest absolute Gasteiger partial charge is 0.471 e. The number of imide groups is 1. The van der Waals surface area contributed by atoms with E-state index in [1.54, 1.807) is 0 Å². The summed E-state index contributed by atoms with van der Waals surface area (Å²) in [4.78, 5) is 20.8. The average Bonchev–Trinajstić information content (AvgIpc) is 2.34. The topological polar surface area (TPSA) is 55.8 Å². The second-order valence-corrected chi connectivity index (χ2v) is 3.72. The number of carbonyl (C=O) groups excluding carboxylic acids is 2. The first kappa shape index (κ1) is 19.6. The number of ether oxygens (including phenoxy) is 2. The van der Waals surface area contributed by atoms with Gasteiger partial charge in [-0.3, -0.25) is 14.5 Å². The zero-order valence-corrected chi connectivity index (χ0v) is 10.9. The highest BCUT2D eigenvalue weighted by Gasteiger charge is 2.51. The fraction of sp³-hybridized carbons (Fsp3) is 0.800. The Morgan fingerprint density at radius 3 is 1.76 bits per heavy atom. The molecule has 0 aromatic carbocycles. The molecule has 0 aromatic rings. The minimum Gasteiger partial charge on any atom is -0.382 e. The Labute approximate surface area is 115 Å². The number of halogens is 6. The van der Waals surface area contributed by atoms with Gasteiger partial charge in [0, 0.05) is 20.3 Å². The quantitative estimate of drug-likeness (QED) is 0.526. The minimum absolute atomic E-state index is 0.0803. The van der Waals surface area contributed by atoms with Crippen molar-refractivity contribution in [1.82, 2.24) is 4.90 Å². The molecule has 0 fully saturated rings. The number of hydrogen-bond acceptors (Lipinski definition) is 4. The predicted octanol–water partition coefficient (Wildman–Crippen LogP) is 1.52. The van der Waals surface area contributed by atoms with Crippen molar-refractivity contribution in [2.24, 2.45) is 0 Å². The first-order chi connectivity index (χ1) is 9.51. The number of carbonyl (C=O) groups is 2. The Balaban J connectivity index is 4.62. The molecule has 124 valence electrons. The maximum Gasteiger partial charge on any atom is 0.471 e. The molecule has 0 saturated heterocycles.